The smallest absolute Gasteiger partial charge is 0.395 e. The minimum absolute atomic E-state index is 0.174. The van der Waals surface area contributed by atoms with Crippen LogP contribution in [0.25, 0.3) is 0 Å². The molecule has 0 fully saturated rings. The van der Waals surface area contributed by atoms with Gasteiger partial charge in [-0.25, -0.2) is 4.98 Å². The number of nitrogens with one attached hydrogen (secondary N) is 1. The maximum absolute atomic E-state index is 11.8. The Morgan fingerprint density at radius 1 is 1.50 bits per heavy atom. The van der Waals surface area contributed by atoms with E-state index in [-0.39, 0.29) is 11.5 Å². The Balaban J connectivity index is 1.92. The van der Waals surface area contributed by atoms with Crippen molar-refractivity contribution in [1.29, 1.82) is 0 Å². The van der Waals surface area contributed by atoms with Crippen LogP contribution in [-0.4, -0.2) is 27.5 Å². The van der Waals surface area contributed by atoms with E-state index in [1.54, 1.807) is 5.38 Å². The van der Waals surface area contributed by atoms with Gasteiger partial charge in [0, 0.05) is 11.1 Å². The molecule has 0 aliphatic rings. The van der Waals surface area contributed by atoms with Gasteiger partial charge in [0.25, 0.3) is 5.91 Å². The van der Waals surface area contributed by atoms with Crippen LogP contribution in [0.5, 0.6) is 0 Å². The summed E-state index contributed by atoms with van der Waals surface area (Å²) in [7, 11) is 0. The van der Waals surface area contributed by atoms with E-state index >= 15 is 0 Å². The monoisotopic (exact) mass is 342 g/mol. The van der Waals surface area contributed by atoms with E-state index in [0.29, 0.717) is 16.6 Å². The summed E-state index contributed by atoms with van der Waals surface area (Å²) in [5, 5.41) is 15.0. The van der Waals surface area contributed by atoms with Crippen LogP contribution < -0.4 is 11.1 Å². The highest BCUT2D eigenvalue weighted by Crippen LogP contribution is 2.21. The molecule has 0 atom stereocenters. The number of nitrogens with two attached hydrogens (primary N) is 1. The minimum Gasteiger partial charge on any atom is -0.395 e. The maximum atomic E-state index is 11.8. The molecule has 116 valence electrons. The zero-order valence-electron chi connectivity index (χ0n) is 11.0. The number of nitro groups is 1. The van der Waals surface area contributed by atoms with E-state index in [2.05, 4.69) is 10.3 Å². The predicted octanol–water partition coefficient (Wildman–Crippen LogP) is 1.62. The van der Waals surface area contributed by atoms with Crippen molar-refractivity contribution in [2.24, 2.45) is 5.73 Å². The Morgan fingerprint density at radius 3 is 2.91 bits per heavy atom. The highest BCUT2D eigenvalue weighted by atomic mass is 32.2. The van der Waals surface area contributed by atoms with Gasteiger partial charge >= 0.3 is 5.88 Å². The van der Waals surface area contributed by atoms with Crippen molar-refractivity contribution in [3.05, 3.63) is 39.1 Å². The molecule has 2 heterocycles. The van der Waals surface area contributed by atoms with E-state index < -0.39 is 22.6 Å². The third-order valence-electron chi connectivity index (χ3n) is 2.26. The molecule has 9 nitrogen and oxygen atoms in total. The average Bonchev–Trinajstić information content (AvgIpc) is 3.07. The second-order valence-electron chi connectivity index (χ2n) is 3.95. The van der Waals surface area contributed by atoms with Crippen LogP contribution in [0.2, 0.25) is 0 Å². The molecule has 0 saturated carbocycles. The lowest BCUT2D eigenvalue weighted by molar-refractivity contribution is -0.402. The third kappa shape index (κ3) is 4.30. The summed E-state index contributed by atoms with van der Waals surface area (Å²) in [6.07, 6.45) is 0. The van der Waals surface area contributed by atoms with Gasteiger partial charge in [-0.3, -0.25) is 25.0 Å². The van der Waals surface area contributed by atoms with Crippen LogP contribution in [0.4, 0.5) is 11.0 Å². The van der Waals surface area contributed by atoms with E-state index in [4.69, 9.17) is 10.2 Å². The molecule has 3 N–H and O–H groups in total. The second-order valence-corrected chi connectivity index (χ2v) is 5.80. The topological polar surface area (TPSA) is 141 Å². The summed E-state index contributed by atoms with van der Waals surface area (Å²) in [5.41, 5.74) is 5.71. The van der Waals surface area contributed by atoms with Crippen molar-refractivity contribution in [2.45, 2.75) is 5.75 Å². The van der Waals surface area contributed by atoms with E-state index in [0.717, 1.165) is 6.07 Å². The summed E-state index contributed by atoms with van der Waals surface area (Å²) < 4.78 is 4.79. The SMILES string of the molecule is NC(=O)CSCc1csc(NC(=O)c2ccc([N+](=O)[O-])o2)n1. The molecule has 0 unspecified atom stereocenters. The van der Waals surface area contributed by atoms with Crippen molar-refractivity contribution in [3.63, 3.8) is 0 Å². The van der Waals surface area contributed by atoms with Gasteiger partial charge in [0.1, 0.15) is 4.92 Å². The van der Waals surface area contributed by atoms with Gasteiger partial charge in [-0.1, -0.05) is 0 Å². The number of primary amides is 1. The van der Waals surface area contributed by atoms with Crippen LogP contribution in [0.1, 0.15) is 16.2 Å². The standard InChI is InChI=1S/C11H10N4O5S2/c12-8(16)5-21-3-6-4-22-11(13-6)14-10(17)7-1-2-9(20-7)15(18)19/h1-2,4H,3,5H2,(H2,12,16)(H,13,14,17). The molecule has 2 aromatic rings. The molecular formula is C11H10N4O5S2. The fourth-order valence-electron chi connectivity index (χ4n) is 1.39. The third-order valence-corrected chi connectivity index (χ3v) is 4.06. The Morgan fingerprint density at radius 2 is 2.27 bits per heavy atom. The average molecular weight is 342 g/mol. The first-order valence-electron chi connectivity index (χ1n) is 5.81. The number of furan rings is 1. The summed E-state index contributed by atoms with van der Waals surface area (Å²) in [4.78, 5) is 36.4. The van der Waals surface area contributed by atoms with E-state index in [1.807, 2.05) is 0 Å². The van der Waals surface area contributed by atoms with Gasteiger partial charge in [-0.15, -0.1) is 23.1 Å². The van der Waals surface area contributed by atoms with Gasteiger partial charge in [0.15, 0.2) is 10.9 Å². The van der Waals surface area contributed by atoms with Crippen molar-refractivity contribution < 1.29 is 18.9 Å². The number of anilines is 1. The lowest BCUT2D eigenvalue weighted by atomic mass is 10.4. The molecule has 0 bridgehead atoms. The number of thioether (sulfide) groups is 1. The number of hydrogen-bond acceptors (Lipinski definition) is 8. The normalized spacial score (nSPS) is 10.4. The molecular weight excluding hydrogens is 332 g/mol. The lowest BCUT2D eigenvalue weighted by Crippen LogP contribution is -2.13. The van der Waals surface area contributed by atoms with E-state index in [1.165, 1.54) is 29.2 Å². The van der Waals surface area contributed by atoms with Crippen LogP contribution >= 0.6 is 23.1 Å². The molecule has 0 aliphatic carbocycles. The zero-order chi connectivity index (χ0) is 16.1. The van der Waals surface area contributed by atoms with Crippen LogP contribution in [0.15, 0.2) is 21.9 Å². The number of aromatic nitrogens is 1. The van der Waals surface area contributed by atoms with Crippen molar-refractivity contribution in [2.75, 3.05) is 11.1 Å². The van der Waals surface area contributed by atoms with Gasteiger partial charge in [-0.2, -0.15) is 0 Å². The number of thiazole rings is 1. The maximum Gasteiger partial charge on any atom is 0.433 e. The Labute approximate surface area is 132 Å². The van der Waals surface area contributed by atoms with Crippen molar-refractivity contribution >= 4 is 45.9 Å². The second kappa shape index (κ2) is 7.04. The molecule has 2 amide bonds. The van der Waals surface area contributed by atoms with Crippen LogP contribution in [0, 0.1) is 10.1 Å². The number of carbonyl (C=O) groups is 2. The number of rotatable bonds is 7. The first kappa shape index (κ1) is 16.0. The van der Waals surface area contributed by atoms with Crippen LogP contribution in [-0.2, 0) is 10.5 Å². The van der Waals surface area contributed by atoms with Gasteiger partial charge < -0.3 is 10.2 Å². The van der Waals surface area contributed by atoms with E-state index in [9.17, 15) is 19.7 Å². The summed E-state index contributed by atoms with van der Waals surface area (Å²) >= 11 is 2.51. The summed E-state index contributed by atoms with van der Waals surface area (Å²) in [6, 6.07) is 2.31. The molecule has 0 spiro atoms. The van der Waals surface area contributed by atoms with Crippen LogP contribution in [0.3, 0.4) is 0 Å². The largest absolute Gasteiger partial charge is 0.433 e. The summed E-state index contributed by atoms with van der Waals surface area (Å²) in [5.74, 6) is -1.04. The molecule has 0 aliphatic heterocycles. The fraction of sp³-hybridized carbons (Fsp3) is 0.182. The number of nitrogens with zero attached hydrogens (tertiary/aromatic N) is 2. The highest BCUT2D eigenvalue weighted by Gasteiger charge is 2.18. The molecule has 22 heavy (non-hydrogen) atoms. The number of amides is 2. The number of hydrogen-bond donors (Lipinski definition) is 2. The number of carbonyl (C=O) groups excluding carboxylic acids is 2. The molecule has 0 radical (unpaired) electrons. The predicted molar refractivity (Wildman–Crippen MR) is 80.8 cm³/mol. The van der Waals surface area contributed by atoms with Gasteiger partial charge in [0.2, 0.25) is 5.91 Å². The van der Waals surface area contributed by atoms with Gasteiger partial charge in [0.05, 0.1) is 17.5 Å². The fourth-order valence-corrected chi connectivity index (χ4v) is 2.86. The Bertz CT molecular complexity index is 711. The van der Waals surface area contributed by atoms with Gasteiger partial charge in [-0.05, 0) is 6.07 Å². The van der Waals surface area contributed by atoms with Crippen molar-refractivity contribution in [1.82, 2.24) is 4.98 Å². The van der Waals surface area contributed by atoms with Crippen molar-refractivity contribution in [3.8, 4) is 0 Å². The Hall–Kier alpha value is -2.40. The molecule has 2 rings (SSSR count). The Kier molecular flexibility index (Phi) is 5.12. The summed E-state index contributed by atoms with van der Waals surface area (Å²) in [6.45, 7) is 0. The minimum atomic E-state index is -0.728. The quantitative estimate of drug-likeness (QED) is 0.575. The molecule has 0 aromatic carbocycles. The molecule has 0 saturated heterocycles. The first-order chi connectivity index (χ1) is 10.5. The lowest BCUT2D eigenvalue weighted by Gasteiger charge is -1.97. The molecule has 11 heteroatoms. The highest BCUT2D eigenvalue weighted by molar-refractivity contribution is 7.99. The first-order valence-corrected chi connectivity index (χ1v) is 7.85. The molecule has 2 aromatic heterocycles. The zero-order valence-corrected chi connectivity index (χ0v) is 12.6.